The molecular weight excluding hydrogens is 244 g/mol. The molecule has 1 aliphatic rings. The summed E-state index contributed by atoms with van der Waals surface area (Å²) in [6.07, 6.45) is 0. The number of likely N-dealkylation sites (tertiary alicyclic amines) is 1. The molecule has 2 rings (SSSR count). The molecule has 2 heteroatoms. The van der Waals surface area contributed by atoms with Gasteiger partial charge in [-0.1, -0.05) is 44.2 Å². The second kappa shape index (κ2) is 6.28. The molecule has 1 aliphatic heterocycles. The monoisotopic (exact) mass is 274 g/mol. The maximum absolute atomic E-state index is 3.69. The van der Waals surface area contributed by atoms with Crippen LogP contribution in [0.4, 0.5) is 0 Å². The molecule has 1 fully saturated rings. The minimum Gasteiger partial charge on any atom is -0.310 e. The summed E-state index contributed by atoms with van der Waals surface area (Å²) in [4.78, 5) is 2.66. The van der Waals surface area contributed by atoms with Gasteiger partial charge in [-0.15, -0.1) is 0 Å². The van der Waals surface area contributed by atoms with Crippen LogP contribution < -0.4 is 5.32 Å². The summed E-state index contributed by atoms with van der Waals surface area (Å²) in [6.45, 7) is 14.9. The van der Waals surface area contributed by atoms with Crippen LogP contribution in [0.15, 0.2) is 30.3 Å². The molecule has 1 aromatic carbocycles. The zero-order valence-corrected chi connectivity index (χ0v) is 13.7. The van der Waals surface area contributed by atoms with Crippen LogP contribution in [-0.4, -0.2) is 30.1 Å². The molecule has 1 heterocycles. The third-order valence-electron chi connectivity index (χ3n) is 4.47. The fourth-order valence-corrected chi connectivity index (χ4v) is 2.96. The third-order valence-corrected chi connectivity index (χ3v) is 4.47. The Bertz CT molecular complexity index is 397. The Morgan fingerprint density at radius 2 is 1.65 bits per heavy atom. The van der Waals surface area contributed by atoms with E-state index in [0.29, 0.717) is 6.04 Å². The van der Waals surface area contributed by atoms with E-state index in [1.165, 1.54) is 18.7 Å². The standard InChI is InChI=1S/C18H30N2/c1-14-12-20(13-15(14)2)17(11-19-18(3,4)5)16-9-7-6-8-10-16/h6-10,14-15,17,19H,11-13H2,1-5H3. The Balaban J connectivity index is 2.12. The maximum atomic E-state index is 3.69. The Morgan fingerprint density at radius 3 is 2.15 bits per heavy atom. The summed E-state index contributed by atoms with van der Waals surface area (Å²) in [5.74, 6) is 1.60. The van der Waals surface area contributed by atoms with Gasteiger partial charge in [-0.05, 0) is 38.2 Å². The Kier molecular flexibility index (Phi) is 4.87. The summed E-state index contributed by atoms with van der Waals surface area (Å²) in [6, 6.07) is 11.4. The van der Waals surface area contributed by atoms with Crippen LogP contribution in [0.2, 0.25) is 0 Å². The van der Waals surface area contributed by atoms with Crippen LogP contribution in [0, 0.1) is 11.8 Å². The van der Waals surface area contributed by atoms with Gasteiger partial charge in [0.1, 0.15) is 0 Å². The van der Waals surface area contributed by atoms with Gasteiger partial charge in [0.25, 0.3) is 0 Å². The van der Waals surface area contributed by atoms with E-state index in [2.05, 4.69) is 75.2 Å². The highest BCUT2D eigenvalue weighted by Gasteiger charge is 2.32. The molecule has 0 radical (unpaired) electrons. The maximum Gasteiger partial charge on any atom is 0.0473 e. The van der Waals surface area contributed by atoms with Gasteiger partial charge >= 0.3 is 0 Å². The molecule has 0 spiro atoms. The van der Waals surface area contributed by atoms with Crippen molar-refractivity contribution >= 4 is 0 Å². The smallest absolute Gasteiger partial charge is 0.0473 e. The Hall–Kier alpha value is -0.860. The van der Waals surface area contributed by atoms with Crippen LogP contribution in [0.25, 0.3) is 0 Å². The highest BCUT2D eigenvalue weighted by Crippen LogP contribution is 2.30. The lowest BCUT2D eigenvalue weighted by molar-refractivity contribution is 0.215. The lowest BCUT2D eigenvalue weighted by Crippen LogP contribution is -2.42. The largest absolute Gasteiger partial charge is 0.310 e. The lowest BCUT2D eigenvalue weighted by Gasteiger charge is -2.32. The second-order valence-electron chi connectivity index (χ2n) is 7.47. The van der Waals surface area contributed by atoms with Crippen LogP contribution in [0.3, 0.4) is 0 Å². The minimum atomic E-state index is 0.171. The Morgan fingerprint density at radius 1 is 1.10 bits per heavy atom. The number of hydrogen-bond acceptors (Lipinski definition) is 2. The second-order valence-corrected chi connectivity index (χ2v) is 7.47. The molecule has 3 unspecified atom stereocenters. The molecule has 112 valence electrons. The van der Waals surface area contributed by atoms with Crippen molar-refractivity contribution in [3.8, 4) is 0 Å². The number of rotatable bonds is 4. The predicted octanol–water partition coefficient (Wildman–Crippen LogP) is 3.70. The topological polar surface area (TPSA) is 15.3 Å². The summed E-state index contributed by atoms with van der Waals surface area (Å²) in [5.41, 5.74) is 1.61. The van der Waals surface area contributed by atoms with Crippen molar-refractivity contribution in [2.45, 2.75) is 46.2 Å². The molecule has 0 amide bonds. The van der Waals surface area contributed by atoms with Crippen LogP contribution in [-0.2, 0) is 0 Å². The lowest BCUT2D eigenvalue weighted by atomic mass is 10.0. The van der Waals surface area contributed by atoms with E-state index >= 15 is 0 Å². The van der Waals surface area contributed by atoms with E-state index in [1.807, 2.05) is 0 Å². The van der Waals surface area contributed by atoms with Crippen LogP contribution in [0.5, 0.6) is 0 Å². The molecule has 20 heavy (non-hydrogen) atoms. The van der Waals surface area contributed by atoms with Crippen molar-refractivity contribution in [3.05, 3.63) is 35.9 Å². The van der Waals surface area contributed by atoms with Crippen LogP contribution in [0.1, 0.15) is 46.2 Å². The zero-order valence-electron chi connectivity index (χ0n) is 13.7. The molecule has 0 aromatic heterocycles. The Labute approximate surface area is 124 Å². The van der Waals surface area contributed by atoms with E-state index in [9.17, 15) is 0 Å². The van der Waals surface area contributed by atoms with Gasteiger partial charge in [0.2, 0.25) is 0 Å². The van der Waals surface area contributed by atoms with Crippen molar-refractivity contribution in [3.63, 3.8) is 0 Å². The van der Waals surface area contributed by atoms with Gasteiger partial charge in [0.05, 0.1) is 0 Å². The average Bonchev–Trinajstić information content (AvgIpc) is 2.69. The fourth-order valence-electron chi connectivity index (χ4n) is 2.96. The van der Waals surface area contributed by atoms with E-state index < -0.39 is 0 Å². The molecule has 0 saturated carbocycles. The molecule has 1 aromatic rings. The van der Waals surface area contributed by atoms with E-state index in [0.717, 1.165) is 18.4 Å². The number of nitrogens with one attached hydrogen (secondary N) is 1. The van der Waals surface area contributed by atoms with Crippen molar-refractivity contribution in [1.29, 1.82) is 0 Å². The van der Waals surface area contributed by atoms with Crippen LogP contribution >= 0.6 is 0 Å². The summed E-state index contributed by atoms with van der Waals surface area (Å²) in [5, 5.41) is 3.69. The number of nitrogens with zero attached hydrogens (tertiary/aromatic N) is 1. The fraction of sp³-hybridized carbons (Fsp3) is 0.667. The van der Waals surface area contributed by atoms with E-state index in [1.54, 1.807) is 0 Å². The number of benzene rings is 1. The number of hydrogen-bond donors (Lipinski definition) is 1. The molecule has 1 saturated heterocycles. The third kappa shape index (κ3) is 4.07. The molecule has 2 nitrogen and oxygen atoms in total. The average molecular weight is 274 g/mol. The van der Waals surface area contributed by atoms with Crippen molar-refractivity contribution in [1.82, 2.24) is 10.2 Å². The first kappa shape index (κ1) is 15.5. The van der Waals surface area contributed by atoms with E-state index in [-0.39, 0.29) is 5.54 Å². The van der Waals surface area contributed by atoms with E-state index in [4.69, 9.17) is 0 Å². The molecule has 1 N–H and O–H groups in total. The normalized spacial score (nSPS) is 25.9. The zero-order chi connectivity index (χ0) is 14.8. The highest BCUT2D eigenvalue weighted by molar-refractivity contribution is 5.20. The van der Waals surface area contributed by atoms with Gasteiger partial charge in [0.15, 0.2) is 0 Å². The van der Waals surface area contributed by atoms with Gasteiger partial charge in [-0.25, -0.2) is 0 Å². The highest BCUT2D eigenvalue weighted by atomic mass is 15.2. The van der Waals surface area contributed by atoms with Gasteiger partial charge in [-0.3, -0.25) is 4.90 Å². The summed E-state index contributed by atoms with van der Waals surface area (Å²) < 4.78 is 0. The quantitative estimate of drug-likeness (QED) is 0.900. The summed E-state index contributed by atoms with van der Waals surface area (Å²) in [7, 11) is 0. The van der Waals surface area contributed by atoms with Crippen molar-refractivity contribution in [2.75, 3.05) is 19.6 Å². The molecular formula is C18H30N2. The van der Waals surface area contributed by atoms with Crippen molar-refractivity contribution in [2.24, 2.45) is 11.8 Å². The molecule has 3 atom stereocenters. The summed E-state index contributed by atoms with van der Waals surface area (Å²) >= 11 is 0. The molecule has 0 aliphatic carbocycles. The van der Waals surface area contributed by atoms with Gasteiger partial charge < -0.3 is 5.32 Å². The minimum absolute atomic E-state index is 0.171. The molecule has 0 bridgehead atoms. The first-order chi connectivity index (χ1) is 9.37. The van der Waals surface area contributed by atoms with Gasteiger partial charge in [-0.2, -0.15) is 0 Å². The first-order valence-electron chi connectivity index (χ1n) is 7.91. The predicted molar refractivity (Wildman–Crippen MR) is 86.8 cm³/mol. The van der Waals surface area contributed by atoms with Crippen molar-refractivity contribution < 1.29 is 0 Å². The van der Waals surface area contributed by atoms with Gasteiger partial charge in [0, 0.05) is 31.2 Å². The SMILES string of the molecule is CC1CN(C(CNC(C)(C)C)c2ccccc2)CC1C. The first-order valence-corrected chi connectivity index (χ1v) is 7.91.